The third kappa shape index (κ3) is 5.09. The van der Waals surface area contributed by atoms with Crippen LogP contribution in [-0.2, 0) is 4.79 Å². The number of rotatable bonds is 5. The van der Waals surface area contributed by atoms with E-state index in [2.05, 4.69) is 24.1 Å². The highest BCUT2D eigenvalue weighted by molar-refractivity contribution is 5.94. The molecule has 0 saturated carbocycles. The smallest absolute Gasteiger partial charge is 0.253 e. The summed E-state index contributed by atoms with van der Waals surface area (Å²) in [6, 6.07) is 10.2. The SMILES string of the molecule is C[C@H](CC(=O)N1CCC(c2ccc(O)cc2)C(C)(C)C1)NC(=O)c1ccc(N)nc1. The number of carbonyl (C=O) groups is 2. The maximum absolute atomic E-state index is 12.9. The molecule has 1 saturated heterocycles. The van der Waals surface area contributed by atoms with Crippen LogP contribution in [0.25, 0.3) is 0 Å². The van der Waals surface area contributed by atoms with Crippen molar-refractivity contribution in [2.24, 2.45) is 5.41 Å². The van der Waals surface area contributed by atoms with Crippen molar-refractivity contribution in [3.05, 3.63) is 53.7 Å². The summed E-state index contributed by atoms with van der Waals surface area (Å²) in [5, 5.41) is 12.4. The number of piperidine rings is 1. The zero-order valence-corrected chi connectivity index (χ0v) is 17.8. The Morgan fingerprint density at radius 1 is 1.27 bits per heavy atom. The lowest BCUT2D eigenvalue weighted by molar-refractivity contribution is -0.135. The Labute approximate surface area is 177 Å². The average molecular weight is 411 g/mol. The number of phenolic OH excluding ortho intramolecular Hbond substituents is 1. The number of phenols is 1. The highest BCUT2D eigenvalue weighted by Crippen LogP contribution is 2.42. The van der Waals surface area contributed by atoms with Crippen molar-refractivity contribution in [3.8, 4) is 5.75 Å². The number of pyridine rings is 1. The van der Waals surface area contributed by atoms with Gasteiger partial charge >= 0.3 is 0 Å². The lowest BCUT2D eigenvalue weighted by Crippen LogP contribution is -2.48. The quantitative estimate of drug-likeness (QED) is 0.702. The summed E-state index contributed by atoms with van der Waals surface area (Å²) in [5.74, 6) is 0.699. The predicted molar refractivity (Wildman–Crippen MR) is 116 cm³/mol. The largest absolute Gasteiger partial charge is 0.508 e. The molecule has 1 aliphatic heterocycles. The Morgan fingerprint density at radius 2 is 1.97 bits per heavy atom. The second-order valence-electron chi connectivity index (χ2n) is 8.79. The molecule has 1 unspecified atom stereocenters. The number of hydrogen-bond donors (Lipinski definition) is 3. The van der Waals surface area contributed by atoms with E-state index in [1.54, 1.807) is 24.3 Å². The van der Waals surface area contributed by atoms with E-state index < -0.39 is 0 Å². The summed E-state index contributed by atoms with van der Waals surface area (Å²) >= 11 is 0. The van der Waals surface area contributed by atoms with E-state index in [0.717, 1.165) is 6.42 Å². The zero-order chi connectivity index (χ0) is 21.9. The van der Waals surface area contributed by atoms with Crippen LogP contribution in [0.1, 0.15) is 55.5 Å². The lowest BCUT2D eigenvalue weighted by atomic mass is 9.70. The number of amides is 2. The molecular formula is C23H30N4O3. The molecule has 0 aliphatic carbocycles. The molecule has 2 amide bonds. The van der Waals surface area contributed by atoms with Gasteiger partial charge in [-0.2, -0.15) is 0 Å². The molecule has 1 aromatic carbocycles. The fourth-order valence-corrected chi connectivity index (χ4v) is 4.18. The number of anilines is 1. The van der Waals surface area contributed by atoms with Crippen LogP contribution in [0.3, 0.4) is 0 Å². The molecule has 1 fully saturated rings. The Bertz CT molecular complexity index is 894. The number of nitrogens with two attached hydrogens (primary N) is 1. The molecular weight excluding hydrogens is 380 g/mol. The van der Waals surface area contributed by atoms with Crippen LogP contribution in [0.4, 0.5) is 5.82 Å². The molecule has 2 heterocycles. The van der Waals surface area contributed by atoms with Gasteiger partial charge in [-0.25, -0.2) is 4.98 Å². The Hall–Kier alpha value is -3.09. The predicted octanol–water partition coefficient (Wildman–Crippen LogP) is 2.92. The lowest BCUT2D eigenvalue weighted by Gasteiger charge is -2.45. The molecule has 30 heavy (non-hydrogen) atoms. The van der Waals surface area contributed by atoms with Crippen molar-refractivity contribution in [2.75, 3.05) is 18.8 Å². The monoisotopic (exact) mass is 410 g/mol. The molecule has 7 heteroatoms. The topological polar surface area (TPSA) is 109 Å². The van der Waals surface area contributed by atoms with Gasteiger partial charge in [0, 0.05) is 31.7 Å². The molecule has 4 N–H and O–H groups in total. The highest BCUT2D eigenvalue weighted by Gasteiger charge is 2.38. The van der Waals surface area contributed by atoms with Gasteiger partial charge in [-0.15, -0.1) is 0 Å². The van der Waals surface area contributed by atoms with Crippen LogP contribution < -0.4 is 11.1 Å². The fourth-order valence-electron chi connectivity index (χ4n) is 4.18. The van der Waals surface area contributed by atoms with Crippen molar-refractivity contribution in [3.63, 3.8) is 0 Å². The first-order valence-corrected chi connectivity index (χ1v) is 10.2. The van der Waals surface area contributed by atoms with Gasteiger partial charge in [0.05, 0.1) is 5.56 Å². The Balaban J connectivity index is 1.56. The third-order valence-electron chi connectivity index (χ3n) is 5.78. The maximum Gasteiger partial charge on any atom is 0.253 e. The Kier molecular flexibility index (Phi) is 6.29. The van der Waals surface area contributed by atoms with Crippen molar-refractivity contribution in [1.82, 2.24) is 15.2 Å². The van der Waals surface area contributed by atoms with Crippen LogP contribution in [0, 0.1) is 5.41 Å². The molecule has 0 spiro atoms. The first kappa shape index (κ1) is 21.6. The van der Waals surface area contributed by atoms with E-state index in [0.29, 0.717) is 30.4 Å². The summed E-state index contributed by atoms with van der Waals surface area (Å²) in [7, 11) is 0. The number of nitrogen functional groups attached to an aromatic ring is 1. The van der Waals surface area contributed by atoms with Crippen LogP contribution in [0.5, 0.6) is 5.75 Å². The van der Waals surface area contributed by atoms with Crippen molar-refractivity contribution >= 4 is 17.6 Å². The number of nitrogens with one attached hydrogen (secondary N) is 1. The molecule has 3 rings (SSSR count). The van der Waals surface area contributed by atoms with Gasteiger partial charge in [0.1, 0.15) is 11.6 Å². The molecule has 2 aromatic rings. The van der Waals surface area contributed by atoms with Gasteiger partial charge < -0.3 is 21.1 Å². The van der Waals surface area contributed by atoms with Crippen LogP contribution in [0.2, 0.25) is 0 Å². The second-order valence-corrected chi connectivity index (χ2v) is 8.79. The van der Waals surface area contributed by atoms with Crippen molar-refractivity contribution < 1.29 is 14.7 Å². The van der Waals surface area contributed by atoms with E-state index in [4.69, 9.17) is 5.73 Å². The molecule has 1 aromatic heterocycles. The summed E-state index contributed by atoms with van der Waals surface area (Å²) < 4.78 is 0. The first-order chi connectivity index (χ1) is 14.2. The minimum Gasteiger partial charge on any atom is -0.508 e. The summed E-state index contributed by atoms with van der Waals surface area (Å²) in [6.45, 7) is 7.50. The maximum atomic E-state index is 12.9. The van der Waals surface area contributed by atoms with E-state index in [1.165, 1.54) is 11.8 Å². The molecule has 0 bridgehead atoms. The molecule has 7 nitrogen and oxygen atoms in total. The normalized spacial score (nSPS) is 19.2. The summed E-state index contributed by atoms with van der Waals surface area (Å²) in [5.41, 5.74) is 7.06. The van der Waals surface area contributed by atoms with Gasteiger partial charge in [0.2, 0.25) is 5.91 Å². The second kappa shape index (κ2) is 8.73. The molecule has 1 aliphatic rings. The van der Waals surface area contributed by atoms with Gasteiger partial charge in [-0.1, -0.05) is 26.0 Å². The van der Waals surface area contributed by atoms with Crippen molar-refractivity contribution in [1.29, 1.82) is 0 Å². The number of likely N-dealkylation sites (tertiary alicyclic amines) is 1. The number of aromatic hydroxyl groups is 1. The van der Waals surface area contributed by atoms with Crippen molar-refractivity contribution in [2.45, 2.75) is 45.6 Å². The third-order valence-corrected chi connectivity index (χ3v) is 5.78. The van der Waals surface area contributed by atoms with Gasteiger partial charge in [-0.3, -0.25) is 9.59 Å². The highest BCUT2D eigenvalue weighted by atomic mass is 16.3. The summed E-state index contributed by atoms with van der Waals surface area (Å²) in [6.07, 6.45) is 2.53. The summed E-state index contributed by atoms with van der Waals surface area (Å²) in [4.78, 5) is 31.0. The van der Waals surface area contributed by atoms with E-state index in [1.807, 2.05) is 24.0 Å². The average Bonchev–Trinajstić information content (AvgIpc) is 2.68. The van der Waals surface area contributed by atoms with E-state index >= 15 is 0 Å². The van der Waals surface area contributed by atoms with Crippen LogP contribution in [-0.4, -0.2) is 45.9 Å². The number of aromatic nitrogens is 1. The zero-order valence-electron chi connectivity index (χ0n) is 17.8. The van der Waals surface area contributed by atoms with Gasteiger partial charge in [0.25, 0.3) is 5.91 Å². The van der Waals surface area contributed by atoms with E-state index in [9.17, 15) is 14.7 Å². The standard InChI is InChI=1S/C23H30N4O3/c1-15(26-22(30)17-6-9-20(24)25-13-17)12-21(29)27-11-10-19(23(2,3)14-27)16-4-7-18(28)8-5-16/h4-9,13,15,19,28H,10-12,14H2,1-3H3,(H2,24,25)(H,26,30)/t15-,19?/m1/s1. The van der Waals surface area contributed by atoms with Crippen LogP contribution >= 0.6 is 0 Å². The molecule has 0 radical (unpaired) electrons. The Morgan fingerprint density at radius 3 is 2.57 bits per heavy atom. The number of nitrogens with zero attached hydrogens (tertiary/aromatic N) is 2. The van der Waals surface area contributed by atoms with Gasteiger partial charge in [0.15, 0.2) is 0 Å². The van der Waals surface area contributed by atoms with E-state index in [-0.39, 0.29) is 35.4 Å². The number of hydrogen-bond acceptors (Lipinski definition) is 5. The molecule has 2 atom stereocenters. The minimum atomic E-state index is -0.291. The first-order valence-electron chi connectivity index (χ1n) is 10.2. The number of benzene rings is 1. The molecule has 160 valence electrons. The number of carbonyl (C=O) groups excluding carboxylic acids is 2. The minimum absolute atomic E-state index is 0.0375. The van der Waals surface area contributed by atoms with Crippen LogP contribution in [0.15, 0.2) is 42.6 Å². The fraction of sp³-hybridized carbons (Fsp3) is 0.435. The van der Waals surface area contributed by atoms with Gasteiger partial charge in [-0.05, 0) is 54.5 Å².